The highest BCUT2D eigenvalue weighted by molar-refractivity contribution is 6.05. The molecule has 0 saturated carbocycles. The fourth-order valence-electron chi connectivity index (χ4n) is 1.80. The minimum atomic E-state index is -1.07. The molecule has 0 bridgehead atoms. The molecular weight excluding hydrogens is 279 g/mol. The third-order valence-electron chi connectivity index (χ3n) is 2.91. The second-order valence-electron chi connectivity index (χ2n) is 4.31. The molecule has 0 heterocycles. The number of anilines is 1. The lowest BCUT2D eigenvalue weighted by Gasteiger charge is -2.17. The Kier molecular flexibility index (Phi) is 3.84. The fraction of sp³-hybridized carbons (Fsp3) is 0.0714. The molecule has 6 nitrogen and oxygen atoms in total. The van der Waals surface area contributed by atoms with Crippen LogP contribution in [0.2, 0.25) is 0 Å². The number of halogens is 1. The number of nitrogens with zero attached hydrogens (tertiary/aromatic N) is 2. The first-order valence-corrected chi connectivity index (χ1v) is 5.91. The molecule has 0 unspecified atom stereocenters. The van der Waals surface area contributed by atoms with E-state index in [1.54, 1.807) is 12.1 Å². The van der Waals surface area contributed by atoms with E-state index in [1.807, 2.05) is 0 Å². The summed E-state index contributed by atoms with van der Waals surface area (Å²) in [7, 11) is 1.45. The zero-order valence-corrected chi connectivity index (χ0v) is 11.0. The van der Waals surface area contributed by atoms with E-state index in [0.29, 0.717) is 5.69 Å². The van der Waals surface area contributed by atoms with E-state index in [9.17, 15) is 24.4 Å². The number of nitro benzene ring substituents is 1. The van der Waals surface area contributed by atoms with Gasteiger partial charge in [-0.2, -0.15) is 4.39 Å². The number of nitro groups is 1. The number of hydrogen-bond donors (Lipinski definition) is 1. The summed E-state index contributed by atoms with van der Waals surface area (Å²) in [5, 5.41) is 19.9. The first-order valence-electron chi connectivity index (χ1n) is 5.91. The zero-order valence-electron chi connectivity index (χ0n) is 11.0. The SMILES string of the molecule is CN(C(=O)c1ccc([N+](=O)[O-])c(F)c1)c1cccc(O)c1. The van der Waals surface area contributed by atoms with E-state index in [-0.39, 0.29) is 11.3 Å². The number of carbonyl (C=O) groups excluding carboxylic acids is 1. The maximum absolute atomic E-state index is 13.5. The largest absolute Gasteiger partial charge is 0.508 e. The molecule has 2 rings (SSSR count). The van der Waals surface area contributed by atoms with Crippen molar-refractivity contribution in [2.24, 2.45) is 0 Å². The molecule has 0 atom stereocenters. The molecule has 0 spiro atoms. The average Bonchev–Trinajstić information content (AvgIpc) is 2.45. The van der Waals surface area contributed by atoms with Crippen molar-refractivity contribution in [3.05, 3.63) is 64.0 Å². The van der Waals surface area contributed by atoms with Gasteiger partial charge in [0.1, 0.15) is 5.75 Å². The van der Waals surface area contributed by atoms with Crippen LogP contribution in [0.4, 0.5) is 15.8 Å². The molecule has 0 saturated heterocycles. The molecule has 21 heavy (non-hydrogen) atoms. The highest BCUT2D eigenvalue weighted by Crippen LogP contribution is 2.23. The van der Waals surface area contributed by atoms with Crippen molar-refractivity contribution in [2.45, 2.75) is 0 Å². The molecule has 1 amide bonds. The van der Waals surface area contributed by atoms with Gasteiger partial charge in [-0.1, -0.05) is 6.07 Å². The van der Waals surface area contributed by atoms with E-state index in [1.165, 1.54) is 30.1 Å². The Hall–Kier alpha value is -2.96. The second-order valence-corrected chi connectivity index (χ2v) is 4.31. The van der Waals surface area contributed by atoms with E-state index < -0.39 is 22.3 Å². The van der Waals surface area contributed by atoms with E-state index >= 15 is 0 Å². The number of carbonyl (C=O) groups is 1. The van der Waals surface area contributed by atoms with Crippen LogP contribution in [0, 0.1) is 15.9 Å². The van der Waals surface area contributed by atoms with Gasteiger partial charge < -0.3 is 10.0 Å². The Morgan fingerprint density at radius 1 is 1.29 bits per heavy atom. The van der Waals surface area contributed by atoms with Crippen molar-refractivity contribution in [3.8, 4) is 5.75 Å². The van der Waals surface area contributed by atoms with Crippen LogP contribution in [-0.4, -0.2) is 23.0 Å². The van der Waals surface area contributed by atoms with Crippen molar-refractivity contribution in [3.63, 3.8) is 0 Å². The van der Waals surface area contributed by atoms with Gasteiger partial charge in [-0.15, -0.1) is 0 Å². The van der Waals surface area contributed by atoms with E-state index in [0.717, 1.165) is 12.1 Å². The van der Waals surface area contributed by atoms with Crippen LogP contribution >= 0.6 is 0 Å². The van der Waals surface area contributed by atoms with E-state index in [4.69, 9.17) is 0 Å². The van der Waals surface area contributed by atoms with Gasteiger partial charge >= 0.3 is 5.69 Å². The highest BCUT2D eigenvalue weighted by atomic mass is 19.1. The normalized spacial score (nSPS) is 10.2. The summed E-state index contributed by atoms with van der Waals surface area (Å²) in [6.45, 7) is 0. The van der Waals surface area contributed by atoms with Crippen LogP contribution in [0.3, 0.4) is 0 Å². The smallest absolute Gasteiger partial charge is 0.304 e. The van der Waals surface area contributed by atoms with Crippen molar-refractivity contribution in [1.29, 1.82) is 0 Å². The molecule has 7 heteroatoms. The van der Waals surface area contributed by atoms with Crippen molar-refractivity contribution in [2.75, 3.05) is 11.9 Å². The van der Waals surface area contributed by atoms with Gasteiger partial charge in [0.25, 0.3) is 5.91 Å². The summed E-state index contributed by atoms with van der Waals surface area (Å²) in [5.41, 5.74) is -0.297. The predicted molar refractivity (Wildman–Crippen MR) is 73.9 cm³/mol. The van der Waals surface area contributed by atoms with Gasteiger partial charge in [0.05, 0.1) is 4.92 Å². The number of phenolic OH excluding ortho intramolecular Hbond substituents is 1. The van der Waals surface area contributed by atoms with Crippen LogP contribution in [0.5, 0.6) is 5.75 Å². The molecular formula is C14H11FN2O4. The highest BCUT2D eigenvalue weighted by Gasteiger charge is 2.19. The minimum absolute atomic E-state index is 0.0120. The lowest BCUT2D eigenvalue weighted by molar-refractivity contribution is -0.387. The summed E-state index contributed by atoms with van der Waals surface area (Å²) < 4.78 is 13.5. The minimum Gasteiger partial charge on any atom is -0.508 e. The Balaban J connectivity index is 2.32. The number of amides is 1. The maximum atomic E-state index is 13.5. The fourth-order valence-corrected chi connectivity index (χ4v) is 1.80. The van der Waals surface area contributed by atoms with E-state index in [2.05, 4.69) is 0 Å². The molecule has 108 valence electrons. The van der Waals surface area contributed by atoms with Gasteiger partial charge in [0, 0.05) is 30.4 Å². The number of rotatable bonds is 3. The van der Waals surface area contributed by atoms with Gasteiger partial charge in [0.15, 0.2) is 0 Å². The first-order chi connectivity index (χ1) is 9.90. The quantitative estimate of drug-likeness (QED) is 0.695. The Bertz CT molecular complexity index is 718. The summed E-state index contributed by atoms with van der Waals surface area (Å²) >= 11 is 0. The van der Waals surface area contributed by atoms with Crippen molar-refractivity contribution in [1.82, 2.24) is 0 Å². The summed E-state index contributed by atoms with van der Waals surface area (Å²) in [5.74, 6) is -1.63. The molecule has 0 aliphatic rings. The Labute approximate surface area is 119 Å². The number of hydrogen-bond acceptors (Lipinski definition) is 4. The summed E-state index contributed by atoms with van der Waals surface area (Å²) in [6.07, 6.45) is 0. The van der Waals surface area contributed by atoms with Gasteiger partial charge in [-0.25, -0.2) is 0 Å². The molecule has 0 aliphatic carbocycles. The molecule has 0 radical (unpaired) electrons. The summed E-state index contributed by atoms with van der Waals surface area (Å²) in [4.78, 5) is 23.1. The standard InChI is InChI=1S/C14H11FN2O4/c1-16(10-3-2-4-11(18)8-10)14(19)9-5-6-13(17(20)21)12(15)7-9/h2-8,18H,1H3. The summed E-state index contributed by atoms with van der Waals surface area (Å²) in [6, 6.07) is 8.93. The van der Waals surface area contributed by atoms with Crippen LogP contribution in [0.25, 0.3) is 0 Å². The van der Waals surface area contributed by atoms with Gasteiger partial charge in [-0.3, -0.25) is 14.9 Å². The molecule has 0 aliphatic heterocycles. The topological polar surface area (TPSA) is 83.7 Å². The lowest BCUT2D eigenvalue weighted by atomic mass is 10.1. The lowest BCUT2D eigenvalue weighted by Crippen LogP contribution is -2.26. The van der Waals surface area contributed by atoms with Crippen molar-refractivity contribution >= 4 is 17.3 Å². The number of phenols is 1. The number of benzene rings is 2. The predicted octanol–water partition coefficient (Wildman–Crippen LogP) is 2.72. The van der Waals surface area contributed by atoms with Crippen LogP contribution in [0.15, 0.2) is 42.5 Å². The Morgan fingerprint density at radius 3 is 2.57 bits per heavy atom. The molecule has 2 aromatic rings. The molecule has 0 aromatic heterocycles. The van der Waals surface area contributed by atoms with Gasteiger partial charge in [0.2, 0.25) is 5.82 Å². The van der Waals surface area contributed by atoms with Gasteiger partial charge in [-0.05, 0) is 24.3 Å². The van der Waals surface area contributed by atoms with Crippen molar-refractivity contribution < 1.29 is 19.2 Å². The Morgan fingerprint density at radius 2 is 2.00 bits per heavy atom. The average molecular weight is 290 g/mol. The van der Waals surface area contributed by atoms with Crippen LogP contribution < -0.4 is 4.90 Å². The first kappa shape index (κ1) is 14.4. The molecule has 2 aromatic carbocycles. The second kappa shape index (κ2) is 5.58. The monoisotopic (exact) mass is 290 g/mol. The third-order valence-corrected chi connectivity index (χ3v) is 2.91. The molecule has 0 fully saturated rings. The zero-order chi connectivity index (χ0) is 15.6. The molecule has 1 N–H and O–H groups in total. The van der Waals surface area contributed by atoms with Crippen LogP contribution in [0.1, 0.15) is 10.4 Å². The number of aromatic hydroxyl groups is 1. The van der Waals surface area contributed by atoms with Crippen LogP contribution in [-0.2, 0) is 0 Å². The maximum Gasteiger partial charge on any atom is 0.304 e. The third kappa shape index (κ3) is 2.97.